The summed E-state index contributed by atoms with van der Waals surface area (Å²) in [7, 11) is -4.85. The van der Waals surface area contributed by atoms with Gasteiger partial charge in [-0.15, -0.1) is 0 Å². The number of carbonyl (C=O) groups excluding carboxylic acids is 3. The number of aryl methyl sites for hydroxylation is 1. The molecule has 2 aromatic rings. The minimum atomic E-state index is -4.85. The molecule has 2 heterocycles. The van der Waals surface area contributed by atoms with Crippen molar-refractivity contribution in [3.63, 3.8) is 0 Å². The van der Waals surface area contributed by atoms with Crippen LogP contribution in [0.5, 0.6) is 0 Å². The standard InChI is InChI=1S/C23H23N2O6P/c1-14(15-5-7-18(8-6-15)23(28)32(29,30)31)13-20(26)24-19-10-9-16-3-2-4-17-11-12-25(21(16)17)22(19)27/h2-8,13,19H,9-12H2,1H3,(H,24,26)(H2,29,30,31)/b14-13+/t19-/m0/s1. The van der Waals surface area contributed by atoms with Gasteiger partial charge in [-0.25, -0.2) is 0 Å². The van der Waals surface area contributed by atoms with Gasteiger partial charge >= 0.3 is 7.60 Å². The van der Waals surface area contributed by atoms with Gasteiger partial charge in [0, 0.05) is 18.2 Å². The Kier molecular flexibility index (Phi) is 5.86. The molecule has 1 atom stereocenters. The molecule has 2 aliphatic rings. The molecule has 8 nitrogen and oxygen atoms in total. The monoisotopic (exact) mass is 454 g/mol. The molecule has 0 aliphatic carbocycles. The van der Waals surface area contributed by atoms with Crippen molar-refractivity contribution >= 4 is 36.2 Å². The highest BCUT2D eigenvalue weighted by Crippen LogP contribution is 2.39. The van der Waals surface area contributed by atoms with Crippen molar-refractivity contribution in [2.45, 2.75) is 32.2 Å². The summed E-state index contributed by atoms with van der Waals surface area (Å²) in [5.41, 5.74) is 3.14. The molecule has 0 saturated carbocycles. The maximum atomic E-state index is 13.0. The smallest absolute Gasteiger partial charge is 0.341 e. The van der Waals surface area contributed by atoms with E-state index in [2.05, 4.69) is 5.32 Å². The van der Waals surface area contributed by atoms with Gasteiger partial charge in [-0.1, -0.05) is 42.5 Å². The zero-order valence-corrected chi connectivity index (χ0v) is 18.3. The number of carbonyl (C=O) groups is 3. The molecule has 0 saturated heterocycles. The average Bonchev–Trinajstić information content (AvgIpc) is 3.14. The van der Waals surface area contributed by atoms with Crippen molar-refractivity contribution in [3.05, 3.63) is 70.8 Å². The van der Waals surface area contributed by atoms with E-state index in [1.807, 2.05) is 18.2 Å². The minimum Gasteiger partial charge on any atom is -0.341 e. The van der Waals surface area contributed by atoms with E-state index in [9.17, 15) is 18.9 Å². The predicted octanol–water partition coefficient (Wildman–Crippen LogP) is 2.43. The van der Waals surface area contributed by atoms with Crippen LogP contribution in [0.25, 0.3) is 5.57 Å². The largest absolute Gasteiger partial charge is 0.396 e. The van der Waals surface area contributed by atoms with Crippen LogP contribution in [0.1, 0.15) is 40.4 Å². The van der Waals surface area contributed by atoms with Crippen LogP contribution >= 0.6 is 7.60 Å². The van der Waals surface area contributed by atoms with E-state index >= 15 is 0 Å². The first-order valence-corrected chi connectivity index (χ1v) is 11.9. The molecule has 2 aromatic carbocycles. The fraction of sp³-hybridized carbons (Fsp3) is 0.261. The first-order valence-electron chi connectivity index (χ1n) is 10.3. The van der Waals surface area contributed by atoms with Gasteiger partial charge in [-0.05, 0) is 48.4 Å². The lowest BCUT2D eigenvalue weighted by Crippen LogP contribution is -2.47. The lowest BCUT2D eigenvalue weighted by Gasteiger charge is -2.22. The van der Waals surface area contributed by atoms with Gasteiger partial charge < -0.3 is 20.0 Å². The molecular weight excluding hydrogens is 431 g/mol. The molecule has 0 unspecified atom stereocenters. The van der Waals surface area contributed by atoms with E-state index in [0.717, 1.165) is 17.7 Å². The minimum absolute atomic E-state index is 0.103. The maximum absolute atomic E-state index is 13.0. The van der Waals surface area contributed by atoms with Crippen molar-refractivity contribution in [3.8, 4) is 0 Å². The second kappa shape index (κ2) is 8.47. The molecule has 0 spiro atoms. The van der Waals surface area contributed by atoms with Crippen molar-refractivity contribution in [2.24, 2.45) is 0 Å². The molecule has 0 radical (unpaired) electrons. The topological polar surface area (TPSA) is 124 Å². The molecule has 4 rings (SSSR count). The Hall–Kier alpha value is -3.06. The van der Waals surface area contributed by atoms with Crippen LogP contribution in [0, 0.1) is 0 Å². The highest BCUT2D eigenvalue weighted by atomic mass is 31.2. The third-order valence-electron chi connectivity index (χ3n) is 5.86. The fourth-order valence-electron chi connectivity index (χ4n) is 4.24. The first-order chi connectivity index (χ1) is 15.1. The Bertz CT molecular complexity index is 1180. The molecular formula is C23H23N2O6P. The van der Waals surface area contributed by atoms with Crippen molar-refractivity contribution in [1.82, 2.24) is 5.32 Å². The van der Waals surface area contributed by atoms with Gasteiger partial charge in [-0.2, -0.15) is 0 Å². The van der Waals surface area contributed by atoms with Crippen molar-refractivity contribution in [2.75, 3.05) is 11.4 Å². The SMILES string of the molecule is C/C(=C\C(=O)N[C@H]1CCc2cccc3c2N(CC3)C1=O)c1ccc(C(=O)P(=O)(O)O)cc1. The van der Waals surface area contributed by atoms with Gasteiger partial charge in [0.05, 0.1) is 5.69 Å². The summed E-state index contributed by atoms with van der Waals surface area (Å²) in [6.45, 7) is 2.32. The summed E-state index contributed by atoms with van der Waals surface area (Å²) < 4.78 is 11.1. The van der Waals surface area contributed by atoms with E-state index in [1.54, 1.807) is 11.8 Å². The number of nitrogens with zero attached hydrogens (tertiary/aromatic N) is 1. The molecule has 2 amide bonds. The predicted molar refractivity (Wildman–Crippen MR) is 119 cm³/mol. The maximum Gasteiger partial charge on any atom is 0.396 e. The third-order valence-corrected chi connectivity index (χ3v) is 6.65. The first kappa shape index (κ1) is 22.1. The zero-order chi connectivity index (χ0) is 23.0. The molecule has 3 N–H and O–H groups in total. The summed E-state index contributed by atoms with van der Waals surface area (Å²) >= 11 is 0. The number of allylic oxidation sites excluding steroid dienone is 1. The zero-order valence-electron chi connectivity index (χ0n) is 17.4. The van der Waals surface area contributed by atoms with Gasteiger partial charge in [0.2, 0.25) is 11.8 Å². The van der Waals surface area contributed by atoms with Crippen LogP contribution in [0.4, 0.5) is 5.69 Å². The Balaban J connectivity index is 1.46. The van der Waals surface area contributed by atoms with E-state index in [4.69, 9.17) is 9.79 Å². The molecule has 0 bridgehead atoms. The normalized spacial score (nSPS) is 18.2. The Labute approximate surface area is 185 Å². The second-order valence-electron chi connectivity index (χ2n) is 8.02. The molecule has 32 heavy (non-hydrogen) atoms. The highest BCUT2D eigenvalue weighted by Gasteiger charge is 2.35. The van der Waals surface area contributed by atoms with E-state index in [-0.39, 0.29) is 11.5 Å². The number of rotatable bonds is 5. The average molecular weight is 454 g/mol. The Morgan fingerprint density at radius 3 is 2.34 bits per heavy atom. The van der Waals surface area contributed by atoms with Gasteiger partial charge in [0.1, 0.15) is 6.04 Å². The van der Waals surface area contributed by atoms with Crippen LogP contribution in [-0.4, -0.2) is 39.7 Å². The Morgan fingerprint density at radius 1 is 1.06 bits per heavy atom. The number of amides is 2. The van der Waals surface area contributed by atoms with Crippen LogP contribution in [0.15, 0.2) is 48.5 Å². The van der Waals surface area contributed by atoms with E-state index < -0.39 is 25.1 Å². The van der Waals surface area contributed by atoms with Crippen LogP contribution in [0.3, 0.4) is 0 Å². The number of nitrogens with one attached hydrogen (secondary N) is 1. The van der Waals surface area contributed by atoms with Crippen LogP contribution < -0.4 is 10.2 Å². The number of hydrogen-bond acceptors (Lipinski definition) is 4. The fourth-order valence-corrected chi connectivity index (χ4v) is 4.73. The molecule has 9 heteroatoms. The summed E-state index contributed by atoms with van der Waals surface area (Å²) in [5.74, 6) is -0.505. The van der Waals surface area contributed by atoms with Gasteiger partial charge in [0.15, 0.2) is 0 Å². The lowest BCUT2D eigenvalue weighted by atomic mass is 10.0. The third kappa shape index (κ3) is 4.30. The summed E-state index contributed by atoms with van der Waals surface area (Å²) in [4.78, 5) is 57.1. The summed E-state index contributed by atoms with van der Waals surface area (Å²) in [6, 6.07) is 11.1. The molecule has 166 valence electrons. The number of anilines is 1. The quantitative estimate of drug-likeness (QED) is 0.471. The van der Waals surface area contributed by atoms with Crippen LogP contribution in [0.2, 0.25) is 0 Å². The van der Waals surface area contributed by atoms with Gasteiger partial charge in [-0.3, -0.25) is 18.9 Å². The highest BCUT2D eigenvalue weighted by molar-refractivity contribution is 7.70. The van der Waals surface area contributed by atoms with E-state index in [1.165, 1.54) is 35.9 Å². The number of benzene rings is 2. The second-order valence-corrected chi connectivity index (χ2v) is 9.51. The van der Waals surface area contributed by atoms with Crippen molar-refractivity contribution < 1.29 is 28.7 Å². The number of hydrogen-bond donors (Lipinski definition) is 3. The number of para-hydroxylation sites is 1. The van der Waals surface area contributed by atoms with E-state index in [0.29, 0.717) is 30.5 Å². The molecule has 2 aliphatic heterocycles. The van der Waals surface area contributed by atoms with Crippen LogP contribution in [-0.2, 0) is 27.0 Å². The lowest BCUT2D eigenvalue weighted by molar-refractivity contribution is -0.125. The Morgan fingerprint density at radius 2 is 1.69 bits per heavy atom. The summed E-state index contributed by atoms with van der Waals surface area (Å²) in [5, 5.41) is 2.82. The summed E-state index contributed by atoms with van der Waals surface area (Å²) in [6.07, 6.45) is 3.41. The van der Waals surface area contributed by atoms with Gasteiger partial charge in [0.25, 0.3) is 5.52 Å². The molecule has 0 aromatic heterocycles. The van der Waals surface area contributed by atoms with Crippen molar-refractivity contribution in [1.29, 1.82) is 0 Å². The molecule has 0 fully saturated rings.